The maximum atomic E-state index is 12.7. The number of hydrogen-bond acceptors (Lipinski definition) is 4. The van der Waals surface area contributed by atoms with Crippen molar-refractivity contribution in [1.82, 2.24) is 9.97 Å². The first-order chi connectivity index (χ1) is 9.40. The number of aromatic nitrogens is 2. The van der Waals surface area contributed by atoms with Gasteiger partial charge in [-0.25, -0.2) is 9.97 Å². The molecular weight excluding hydrogens is 287 g/mol. The van der Waals surface area contributed by atoms with E-state index < -0.39 is 17.3 Å². The molecule has 0 aliphatic carbocycles. The fraction of sp³-hybridized carbons (Fsp3) is 0.154. The second-order valence-electron chi connectivity index (χ2n) is 3.90. The van der Waals surface area contributed by atoms with Crippen LogP contribution in [0.25, 0.3) is 0 Å². The van der Waals surface area contributed by atoms with Crippen LogP contribution in [0.3, 0.4) is 0 Å². The lowest BCUT2D eigenvalue weighted by atomic mass is 10.1. The minimum atomic E-state index is -4.53. The van der Waals surface area contributed by atoms with Gasteiger partial charge in [0.1, 0.15) is 0 Å². The first kappa shape index (κ1) is 14.3. The van der Waals surface area contributed by atoms with Crippen molar-refractivity contribution in [1.29, 1.82) is 5.26 Å². The third-order valence-corrected chi connectivity index (χ3v) is 3.27. The van der Waals surface area contributed by atoms with Crippen LogP contribution in [-0.2, 0) is 6.18 Å². The summed E-state index contributed by atoms with van der Waals surface area (Å²) in [5.74, 6) is 0. The summed E-state index contributed by atoms with van der Waals surface area (Å²) < 4.78 is 38.0. The fourth-order valence-electron chi connectivity index (χ4n) is 1.51. The quantitative estimate of drug-likeness (QED) is 0.790. The lowest BCUT2D eigenvalue weighted by Gasteiger charge is -2.09. The molecule has 2 aromatic rings. The largest absolute Gasteiger partial charge is 0.417 e. The molecule has 0 aliphatic heterocycles. The molecule has 0 bridgehead atoms. The van der Waals surface area contributed by atoms with E-state index >= 15 is 0 Å². The van der Waals surface area contributed by atoms with Gasteiger partial charge in [-0.15, -0.1) is 0 Å². The van der Waals surface area contributed by atoms with Crippen molar-refractivity contribution in [3.05, 3.63) is 47.3 Å². The molecule has 0 amide bonds. The highest BCUT2D eigenvalue weighted by Crippen LogP contribution is 2.34. The summed E-state index contributed by atoms with van der Waals surface area (Å²) in [7, 11) is 0. The molecule has 7 heteroatoms. The van der Waals surface area contributed by atoms with Gasteiger partial charge in [-0.05, 0) is 43.0 Å². The number of nitriles is 1. The molecule has 0 atom stereocenters. The molecule has 0 radical (unpaired) electrons. The number of aryl methyl sites for hydroxylation is 1. The van der Waals surface area contributed by atoms with Gasteiger partial charge in [-0.2, -0.15) is 18.4 Å². The average Bonchev–Trinajstić information content (AvgIpc) is 2.37. The van der Waals surface area contributed by atoms with Gasteiger partial charge in [0.15, 0.2) is 5.16 Å². The van der Waals surface area contributed by atoms with Gasteiger partial charge in [-0.1, -0.05) is 0 Å². The topological polar surface area (TPSA) is 49.6 Å². The van der Waals surface area contributed by atoms with Crippen LogP contribution in [-0.4, -0.2) is 9.97 Å². The van der Waals surface area contributed by atoms with Crippen molar-refractivity contribution in [2.24, 2.45) is 0 Å². The molecule has 1 heterocycles. The van der Waals surface area contributed by atoms with Crippen LogP contribution in [0.1, 0.15) is 16.8 Å². The molecule has 1 aromatic carbocycles. The van der Waals surface area contributed by atoms with E-state index in [1.165, 1.54) is 12.1 Å². The summed E-state index contributed by atoms with van der Waals surface area (Å²) in [6.07, 6.45) is -2.96. The molecule has 102 valence electrons. The summed E-state index contributed by atoms with van der Waals surface area (Å²) in [6.45, 7) is 1.79. The van der Waals surface area contributed by atoms with E-state index in [0.717, 1.165) is 23.5 Å². The highest BCUT2D eigenvalue weighted by Gasteiger charge is 2.33. The Bertz CT molecular complexity index is 677. The van der Waals surface area contributed by atoms with E-state index in [1.54, 1.807) is 25.3 Å². The predicted octanol–water partition coefficient (Wildman–Crippen LogP) is 3.83. The molecule has 2 rings (SSSR count). The Morgan fingerprint density at radius 3 is 2.60 bits per heavy atom. The van der Waals surface area contributed by atoms with Gasteiger partial charge >= 0.3 is 6.18 Å². The molecule has 0 saturated carbocycles. The summed E-state index contributed by atoms with van der Waals surface area (Å²) >= 11 is 1.11. The lowest BCUT2D eigenvalue weighted by molar-refractivity contribution is -0.137. The highest BCUT2D eigenvalue weighted by atomic mass is 32.2. The van der Waals surface area contributed by atoms with Crippen LogP contribution in [0.15, 0.2) is 40.5 Å². The van der Waals surface area contributed by atoms with Crippen molar-refractivity contribution in [2.45, 2.75) is 23.2 Å². The third kappa shape index (κ3) is 3.27. The number of alkyl halides is 3. The smallest absolute Gasteiger partial charge is 0.231 e. The van der Waals surface area contributed by atoms with Crippen LogP contribution in [0, 0.1) is 18.3 Å². The Balaban J connectivity index is 2.34. The van der Waals surface area contributed by atoms with E-state index in [4.69, 9.17) is 5.26 Å². The summed E-state index contributed by atoms with van der Waals surface area (Å²) in [6, 6.07) is 6.68. The molecule has 0 aliphatic rings. The maximum absolute atomic E-state index is 12.7. The second-order valence-corrected chi connectivity index (χ2v) is 4.94. The first-order valence-corrected chi connectivity index (χ1v) is 6.30. The minimum Gasteiger partial charge on any atom is -0.231 e. The number of hydrogen-bond donors (Lipinski definition) is 0. The van der Waals surface area contributed by atoms with Gasteiger partial charge in [0.25, 0.3) is 0 Å². The second kappa shape index (κ2) is 5.51. The molecule has 0 saturated heterocycles. The highest BCUT2D eigenvalue weighted by molar-refractivity contribution is 7.99. The Kier molecular flexibility index (Phi) is 3.95. The summed E-state index contributed by atoms with van der Waals surface area (Å²) in [4.78, 5) is 8.64. The standard InChI is InChI=1S/C13H8F3N3S/c1-8-4-5-18-12(19-8)20-10-2-3-11(13(14,15)16)9(6-10)7-17/h2-6H,1H3. The molecule has 20 heavy (non-hydrogen) atoms. The zero-order valence-electron chi connectivity index (χ0n) is 10.3. The number of nitrogens with zero attached hydrogens (tertiary/aromatic N) is 3. The van der Waals surface area contributed by atoms with E-state index in [2.05, 4.69) is 9.97 Å². The number of halogens is 3. The van der Waals surface area contributed by atoms with Crippen molar-refractivity contribution >= 4 is 11.8 Å². The van der Waals surface area contributed by atoms with Crippen LogP contribution in [0.4, 0.5) is 13.2 Å². The zero-order chi connectivity index (χ0) is 14.8. The first-order valence-electron chi connectivity index (χ1n) is 5.49. The molecule has 0 N–H and O–H groups in total. The Hall–Kier alpha value is -2.07. The molecule has 1 aromatic heterocycles. The SMILES string of the molecule is Cc1ccnc(Sc2ccc(C(F)(F)F)c(C#N)c2)n1. The minimum absolute atomic E-state index is 0.407. The maximum Gasteiger partial charge on any atom is 0.417 e. The van der Waals surface area contributed by atoms with E-state index in [1.807, 2.05) is 0 Å². The summed E-state index contributed by atoms with van der Waals surface area (Å²) in [5, 5.41) is 9.25. The third-order valence-electron chi connectivity index (χ3n) is 2.40. The van der Waals surface area contributed by atoms with Crippen molar-refractivity contribution in [3.63, 3.8) is 0 Å². The molecule has 0 fully saturated rings. The van der Waals surface area contributed by atoms with Crippen LogP contribution < -0.4 is 0 Å². The van der Waals surface area contributed by atoms with Crippen molar-refractivity contribution in [3.8, 4) is 6.07 Å². The van der Waals surface area contributed by atoms with Crippen LogP contribution >= 0.6 is 11.8 Å². The predicted molar refractivity (Wildman–Crippen MR) is 67.1 cm³/mol. The van der Waals surface area contributed by atoms with E-state index in [-0.39, 0.29) is 0 Å². The number of benzene rings is 1. The molecule has 3 nitrogen and oxygen atoms in total. The molecule has 0 spiro atoms. The van der Waals surface area contributed by atoms with Gasteiger partial charge in [0, 0.05) is 16.8 Å². The van der Waals surface area contributed by atoms with Crippen molar-refractivity contribution in [2.75, 3.05) is 0 Å². The Morgan fingerprint density at radius 2 is 2.00 bits per heavy atom. The summed E-state index contributed by atoms with van der Waals surface area (Å²) in [5.41, 5.74) is -0.584. The van der Waals surface area contributed by atoms with Gasteiger partial charge in [0.05, 0.1) is 17.2 Å². The van der Waals surface area contributed by atoms with E-state index in [0.29, 0.717) is 10.1 Å². The van der Waals surface area contributed by atoms with Gasteiger partial charge in [-0.3, -0.25) is 0 Å². The van der Waals surface area contributed by atoms with Crippen LogP contribution in [0.2, 0.25) is 0 Å². The Morgan fingerprint density at radius 1 is 1.25 bits per heavy atom. The lowest BCUT2D eigenvalue weighted by Crippen LogP contribution is -2.07. The average molecular weight is 295 g/mol. The van der Waals surface area contributed by atoms with Crippen LogP contribution in [0.5, 0.6) is 0 Å². The van der Waals surface area contributed by atoms with Crippen molar-refractivity contribution < 1.29 is 13.2 Å². The Labute approximate surface area is 117 Å². The normalized spacial score (nSPS) is 11.2. The molecular formula is C13H8F3N3S. The van der Waals surface area contributed by atoms with E-state index in [9.17, 15) is 13.2 Å². The fourth-order valence-corrected chi connectivity index (χ4v) is 2.33. The number of rotatable bonds is 2. The zero-order valence-corrected chi connectivity index (χ0v) is 11.1. The van der Waals surface area contributed by atoms with Gasteiger partial charge < -0.3 is 0 Å². The van der Waals surface area contributed by atoms with Gasteiger partial charge in [0.2, 0.25) is 0 Å². The monoisotopic (exact) mass is 295 g/mol. The molecule has 0 unspecified atom stereocenters.